The Bertz CT molecular complexity index is 1410. The number of halogens is 1. The fourth-order valence-corrected chi connectivity index (χ4v) is 6.31. The van der Waals surface area contributed by atoms with Crippen LogP contribution < -0.4 is 9.64 Å². The molecule has 3 aromatic rings. The molecule has 1 aromatic carbocycles. The van der Waals surface area contributed by atoms with E-state index >= 15 is 4.39 Å². The number of benzene rings is 1. The maximum atomic E-state index is 15.4. The van der Waals surface area contributed by atoms with E-state index in [1.165, 1.54) is 107 Å². The molecule has 0 aliphatic rings. The third kappa shape index (κ3) is 12.0. The first-order valence-corrected chi connectivity index (χ1v) is 17.6. The van der Waals surface area contributed by atoms with Crippen LogP contribution in [0, 0.1) is 5.82 Å². The number of anilines is 2. The lowest BCUT2D eigenvalue weighted by molar-refractivity contribution is -0.117. The van der Waals surface area contributed by atoms with Gasteiger partial charge in [0.1, 0.15) is 29.0 Å². The van der Waals surface area contributed by atoms with E-state index in [1.807, 2.05) is 0 Å². The lowest BCUT2D eigenvalue weighted by atomic mass is 10.0. The number of unbranched alkanes of at least 4 members (excludes halogenated alkanes) is 11. The Morgan fingerprint density at radius 1 is 0.867 bits per heavy atom. The minimum Gasteiger partial charge on any atom is -0.495 e. The van der Waals surface area contributed by atoms with Crippen molar-refractivity contribution >= 4 is 37.1 Å². The van der Waals surface area contributed by atoms with Crippen molar-refractivity contribution in [3.05, 3.63) is 66.1 Å². The number of pyridine rings is 1. The van der Waals surface area contributed by atoms with Crippen LogP contribution in [-0.4, -0.2) is 36.4 Å². The monoisotopic (exact) mass is 660 g/mol. The summed E-state index contributed by atoms with van der Waals surface area (Å²) >= 11 is 0. The Labute approximate surface area is 272 Å². The molecule has 45 heavy (non-hydrogen) atoms. The molecule has 0 bridgehead atoms. The quantitative estimate of drug-likeness (QED) is 0.0886. The lowest BCUT2D eigenvalue weighted by Gasteiger charge is -2.24. The van der Waals surface area contributed by atoms with E-state index in [-0.39, 0.29) is 50.2 Å². The molecule has 0 N–H and O–H groups in total. The van der Waals surface area contributed by atoms with E-state index < -0.39 is 15.7 Å². The molecule has 0 aliphatic heterocycles. The molecule has 11 heteroatoms. The molecule has 0 saturated carbocycles. The third-order valence-corrected chi connectivity index (χ3v) is 9.29. The standard InChI is InChI=1S/C34H47FN4O4S.H3P/c1-4-6-7-8-9-10-11-12-13-14-15-16-18-27-23-31(43-3)30(24-29(27)35)39(34(40)5-2)33-20-19-28(25-38-33)44(41,42)26-32-36-21-17-22-37-32;/h17,19-25H,4-16,18,26H2,1-3H3;1H3. The molecule has 2 aromatic heterocycles. The first-order chi connectivity index (χ1) is 21.3. The Morgan fingerprint density at radius 2 is 1.47 bits per heavy atom. The van der Waals surface area contributed by atoms with Crippen molar-refractivity contribution in [3.8, 4) is 5.75 Å². The van der Waals surface area contributed by atoms with Gasteiger partial charge in [-0.1, -0.05) is 84.5 Å². The summed E-state index contributed by atoms with van der Waals surface area (Å²) in [6, 6.07) is 7.37. The molecule has 1 unspecified atom stereocenters. The number of ether oxygens (including phenoxy) is 1. The van der Waals surface area contributed by atoms with Crippen LogP contribution in [0.5, 0.6) is 5.75 Å². The fraction of sp³-hybridized carbons (Fsp3) is 0.529. The molecular weight excluding hydrogens is 610 g/mol. The minimum atomic E-state index is -3.77. The highest BCUT2D eigenvalue weighted by atomic mass is 32.2. The van der Waals surface area contributed by atoms with Gasteiger partial charge in [0, 0.05) is 31.1 Å². The number of hydrogen-bond donors (Lipinski definition) is 0. The molecule has 0 saturated heterocycles. The predicted octanol–water partition coefficient (Wildman–Crippen LogP) is 8.37. The summed E-state index contributed by atoms with van der Waals surface area (Å²) in [6.45, 7) is 3.94. The number of carbonyl (C=O) groups is 1. The smallest absolute Gasteiger partial charge is 0.232 e. The normalized spacial score (nSPS) is 11.2. The summed E-state index contributed by atoms with van der Waals surface area (Å²) in [5, 5.41) is 0. The zero-order valence-corrected chi connectivity index (χ0v) is 29.4. The number of aryl methyl sites for hydroxylation is 1. The van der Waals surface area contributed by atoms with Crippen LogP contribution in [0.3, 0.4) is 0 Å². The van der Waals surface area contributed by atoms with E-state index in [0.717, 1.165) is 19.3 Å². The van der Waals surface area contributed by atoms with Crippen LogP contribution in [0.2, 0.25) is 0 Å². The number of aromatic nitrogens is 3. The van der Waals surface area contributed by atoms with Gasteiger partial charge in [-0.2, -0.15) is 9.90 Å². The summed E-state index contributed by atoms with van der Waals surface area (Å²) < 4.78 is 46.7. The topological polar surface area (TPSA) is 102 Å². The van der Waals surface area contributed by atoms with E-state index in [4.69, 9.17) is 4.74 Å². The van der Waals surface area contributed by atoms with Crippen molar-refractivity contribution in [2.75, 3.05) is 12.0 Å². The minimum absolute atomic E-state index is 0. The first kappa shape index (κ1) is 38.2. The number of nitrogens with zero attached hydrogens (tertiary/aromatic N) is 4. The molecule has 3 rings (SSSR count). The van der Waals surface area contributed by atoms with Crippen LogP contribution in [0.1, 0.15) is 109 Å². The predicted molar refractivity (Wildman–Crippen MR) is 183 cm³/mol. The molecule has 0 fully saturated rings. The highest BCUT2D eigenvalue weighted by Gasteiger charge is 2.25. The van der Waals surface area contributed by atoms with Gasteiger partial charge < -0.3 is 4.74 Å². The van der Waals surface area contributed by atoms with Crippen LogP contribution in [0.15, 0.2) is 53.8 Å². The Hall–Kier alpha value is -2.97. The third-order valence-electron chi connectivity index (χ3n) is 7.69. The second-order valence-corrected chi connectivity index (χ2v) is 13.1. The van der Waals surface area contributed by atoms with Crippen LogP contribution in [0.25, 0.3) is 0 Å². The number of carbonyl (C=O) groups excluding carboxylic acids is 1. The molecule has 1 atom stereocenters. The van der Waals surface area contributed by atoms with Crippen molar-refractivity contribution in [2.24, 2.45) is 0 Å². The highest BCUT2D eigenvalue weighted by molar-refractivity contribution is 7.90. The summed E-state index contributed by atoms with van der Waals surface area (Å²) in [5.74, 6) is -0.452. The molecule has 0 aliphatic carbocycles. The maximum absolute atomic E-state index is 15.4. The van der Waals surface area contributed by atoms with Crippen molar-refractivity contribution in [3.63, 3.8) is 0 Å². The summed E-state index contributed by atoms with van der Waals surface area (Å²) in [4.78, 5) is 26.5. The lowest BCUT2D eigenvalue weighted by Crippen LogP contribution is -2.26. The van der Waals surface area contributed by atoms with Crippen molar-refractivity contribution in [1.82, 2.24) is 15.0 Å². The average Bonchev–Trinajstić information content (AvgIpc) is 3.03. The zero-order chi connectivity index (χ0) is 31.8. The van der Waals surface area contributed by atoms with Gasteiger partial charge in [-0.05, 0) is 42.7 Å². The van der Waals surface area contributed by atoms with Gasteiger partial charge >= 0.3 is 0 Å². The van der Waals surface area contributed by atoms with Gasteiger partial charge in [0.25, 0.3) is 0 Å². The van der Waals surface area contributed by atoms with Crippen LogP contribution in [0.4, 0.5) is 15.9 Å². The van der Waals surface area contributed by atoms with E-state index in [9.17, 15) is 13.2 Å². The number of methoxy groups -OCH3 is 1. The molecule has 248 valence electrons. The largest absolute Gasteiger partial charge is 0.495 e. The number of rotatable bonds is 20. The van der Waals surface area contributed by atoms with Crippen molar-refractivity contribution in [2.45, 2.75) is 114 Å². The van der Waals surface area contributed by atoms with Crippen LogP contribution in [-0.2, 0) is 26.8 Å². The van der Waals surface area contributed by atoms with Crippen LogP contribution >= 0.6 is 9.90 Å². The van der Waals surface area contributed by atoms with E-state index in [1.54, 1.807) is 19.1 Å². The fourth-order valence-electron chi connectivity index (χ4n) is 5.16. The first-order valence-electron chi connectivity index (χ1n) is 15.9. The summed E-state index contributed by atoms with van der Waals surface area (Å²) in [6.07, 6.45) is 19.7. The number of amides is 1. The molecule has 2 heterocycles. The summed E-state index contributed by atoms with van der Waals surface area (Å²) in [5.41, 5.74) is 0.759. The number of hydrogen-bond acceptors (Lipinski definition) is 7. The zero-order valence-electron chi connectivity index (χ0n) is 27.1. The molecule has 0 spiro atoms. The van der Waals surface area contributed by atoms with Crippen molar-refractivity contribution in [1.29, 1.82) is 0 Å². The van der Waals surface area contributed by atoms with Gasteiger partial charge in [-0.15, -0.1) is 0 Å². The summed E-state index contributed by atoms with van der Waals surface area (Å²) in [7, 11) is -2.29. The van der Waals surface area contributed by atoms with E-state index in [2.05, 4.69) is 21.9 Å². The molecule has 0 radical (unpaired) electrons. The van der Waals surface area contributed by atoms with Gasteiger partial charge in [0.15, 0.2) is 9.84 Å². The van der Waals surface area contributed by atoms with Gasteiger partial charge in [-0.3, -0.25) is 9.69 Å². The van der Waals surface area contributed by atoms with Gasteiger partial charge in [-0.25, -0.2) is 27.8 Å². The maximum Gasteiger partial charge on any atom is 0.232 e. The second kappa shape index (κ2) is 20.2. The SMILES string of the molecule is CCCCCCCCCCCCCCc1cc(OC)c(N(C(=O)CC)c2ccc(S(=O)(=O)Cc3ncccn3)cn2)cc1F.P. The number of sulfone groups is 1. The Morgan fingerprint density at radius 3 is 2.00 bits per heavy atom. The van der Waals surface area contributed by atoms with Crippen molar-refractivity contribution < 1.29 is 22.3 Å². The highest BCUT2D eigenvalue weighted by Crippen LogP contribution is 2.36. The Balaban J connectivity index is 0.00000705. The second-order valence-electron chi connectivity index (χ2n) is 11.1. The molecule has 1 amide bonds. The molecular formula is C34H50FN4O4PS. The van der Waals surface area contributed by atoms with Gasteiger partial charge in [0.2, 0.25) is 5.91 Å². The average molecular weight is 661 g/mol. The Kier molecular flexibility index (Phi) is 17.2. The molecule has 8 nitrogen and oxygen atoms in total. The van der Waals surface area contributed by atoms with Gasteiger partial charge in [0.05, 0.1) is 17.7 Å². The van der Waals surface area contributed by atoms with E-state index in [0.29, 0.717) is 17.7 Å².